The van der Waals surface area contributed by atoms with Gasteiger partial charge in [0.15, 0.2) is 0 Å². The number of halogens is 4. The number of carbonyl (C=O) groups is 1. The van der Waals surface area contributed by atoms with Crippen LogP contribution < -0.4 is 5.32 Å². The van der Waals surface area contributed by atoms with Crippen LogP contribution in [-0.4, -0.2) is 55.6 Å². The molecule has 13 heteroatoms. The smallest absolute Gasteiger partial charge is 0.314 e. The van der Waals surface area contributed by atoms with Crippen molar-refractivity contribution in [1.29, 1.82) is 0 Å². The second-order valence-electron chi connectivity index (χ2n) is 8.61. The number of nitrogens with one attached hydrogen (secondary N) is 1. The van der Waals surface area contributed by atoms with Gasteiger partial charge >= 0.3 is 6.43 Å². The summed E-state index contributed by atoms with van der Waals surface area (Å²) in [7, 11) is 0. The Balaban J connectivity index is 0.00000172. The van der Waals surface area contributed by atoms with Crippen molar-refractivity contribution in [2.75, 3.05) is 18.4 Å². The highest BCUT2D eigenvalue weighted by molar-refractivity contribution is 5.65. The fourth-order valence-electron chi connectivity index (χ4n) is 4.12. The lowest BCUT2D eigenvalue weighted by atomic mass is 10.0. The molecule has 0 radical (unpaired) electrons. The standard InChI is InChI=1S/C24H21F4N7O2.C2H6/c25-19-4-3-17(29-16-5-7-34(13-36)8-6-16)10-18(19)21-12-35(33-30-21)11-15-2-1-14(9-20(15)26)23-31-32-24(37-23)22(27)28;1-2/h1-4,9-10,12-13,16,22,29H,5-8,11H2;1-2H3. The normalized spacial score (nSPS) is 13.8. The Morgan fingerprint density at radius 1 is 1.05 bits per heavy atom. The van der Waals surface area contributed by atoms with Crippen molar-refractivity contribution in [2.24, 2.45) is 0 Å². The third kappa shape index (κ3) is 6.59. The molecule has 0 atom stereocenters. The van der Waals surface area contributed by atoms with E-state index in [1.807, 2.05) is 13.8 Å². The van der Waals surface area contributed by atoms with E-state index in [1.165, 1.54) is 29.1 Å². The largest absolute Gasteiger partial charge is 0.415 e. The molecule has 39 heavy (non-hydrogen) atoms. The Hall–Kier alpha value is -4.29. The van der Waals surface area contributed by atoms with Gasteiger partial charge in [-0.2, -0.15) is 8.78 Å². The average molecular weight is 546 g/mol. The van der Waals surface area contributed by atoms with Gasteiger partial charge in [-0.25, -0.2) is 13.5 Å². The molecule has 0 spiro atoms. The summed E-state index contributed by atoms with van der Waals surface area (Å²) in [5.41, 5.74) is 1.63. The molecule has 1 saturated heterocycles. The molecule has 0 bridgehead atoms. The van der Waals surface area contributed by atoms with E-state index in [1.54, 1.807) is 17.0 Å². The van der Waals surface area contributed by atoms with Crippen molar-refractivity contribution in [2.45, 2.75) is 45.7 Å². The van der Waals surface area contributed by atoms with Gasteiger partial charge in [0, 0.05) is 41.5 Å². The van der Waals surface area contributed by atoms with Gasteiger partial charge < -0.3 is 14.6 Å². The van der Waals surface area contributed by atoms with Crippen LogP contribution in [0.1, 0.15) is 44.6 Å². The lowest BCUT2D eigenvalue weighted by Gasteiger charge is -2.30. The maximum absolute atomic E-state index is 14.7. The van der Waals surface area contributed by atoms with Crippen LogP contribution in [0.5, 0.6) is 0 Å². The summed E-state index contributed by atoms with van der Waals surface area (Å²) in [6.07, 6.45) is 0.993. The second-order valence-corrected chi connectivity index (χ2v) is 8.61. The molecule has 9 nitrogen and oxygen atoms in total. The van der Waals surface area contributed by atoms with Crippen LogP contribution in [-0.2, 0) is 11.3 Å². The molecule has 1 aliphatic rings. The van der Waals surface area contributed by atoms with E-state index < -0.39 is 24.0 Å². The highest BCUT2D eigenvalue weighted by Gasteiger charge is 2.20. The maximum atomic E-state index is 14.7. The minimum atomic E-state index is -2.92. The number of likely N-dealkylation sites (tertiary alicyclic amines) is 1. The molecule has 1 N–H and O–H groups in total. The van der Waals surface area contributed by atoms with E-state index in [-0.39, 0.29) is 40.9 Å². The van der Waals surface area contributed by atoms with Gasteiger partial charge in [0.25, 0.3) is 5.89 Å². The summed E-state index contributed by atoms with van der Waals surface area (Å²) >= 11 is 0. The Morgan fingerprint density at radius 3 is 2.49 bits per heavy atom. The number of hydrogen-bond acceptors (Lipinski definition) is 7. The van der Waals surface area contributed by atoms with Crippen molar-refractivity contribution >= 4 is 12.1 Å². The van der Waals surface area contributed by atoms with Crippen LogP contribution in [0.25, 0.3) is 22.7 Å². The lowest BCUT2D eigenvalue weighted by Crippen LogP contribution is -2.38. The SMILES string of the molecule is CC.O=CN1CCC(Nc2ccc(F)c(-c3cn(Cc4ccc(-c5nnc(C(F)F)o5)cc4F)nn3)c2)CC1. The van der Waals surface area contributed by atoms with Crippen LogP contribution in [0.15, 0.2) is 47.0 Å². The molecule has 0 aliphatic carbocycles. The number of nitrogens with zero attached hydrogens (tertiary/aromatic N) is 6. The van der Waals surface area contributed by atoms with Gasteiger partial charge in [-0.05, 0) is 43.2 Å². The molecule has 0 unspecified atom stereocenters. The number of benzene rings is 2. The highest BCUT2D eigenvalue weighted by atomic mass is 19.3. The van der Waals surface area contributed by atoms with Crippen LogP contribution in [0.2, 0.25) is 0 Å². The molecule has 5 rings (SSSR count). The van der Waals surface area contributed by atoms with Gasteiger partial charge in [-0.3, -0.25) is 4.79 Å². The van der Waals surface area contributed by atoms with E-state index >= 15 is 0 Å². The number of amides is 1. The first-order chi connectivity index (χ1) is 18.9. The molecule has 2 aromatic heterocycles. The number of carbonyl (C=O) groups excluding carboxylic acids is 1. The van der Waals surface area contributed by atoms with Gasteiger partial charge in [0.05, 0.1) is 12.7 Å². The van der Waals surface area contributed by atoms with Gasteiger partial charge in [-0.1, -0.05) is 25.1 Å². The number of alkyl halides is 2. The van der Waals surface area contributed by atoms with Crippen molar-refractivity contribution in [3.63, 3.8) is 0 Å². The minimum Gasteiger partial charge on any atom is -0.415 e. The Bertz CT molecular complexity index is 1400. The Morgan fingerprint density at radius 2 is 1.82 bits per heavy atom. The number of piperidine rings is 1. The predicted octanol–water partition coefficient (Wildman–Crippen LogP) is 5.32. The van der Waals surface area contributed by atoms with E-state index in [4.69, 9.17) is 4.42 Å². The number of anilines is 1. The molecular formula is C26H27F4N7O2. The van der Waals surface area contributed by atoms with Crippen LogP contribution in [0, 0.1) is 11.6 Å². The van der Waals surface area contributed by atoms with E-state index in [0.717, 1.165) is 25.3 Å². The van der Waals surface area contributed by atoms with Crippen molar-refractivity contribution in [1.82, 2.24) is 30.1 Å². The third-order valence-electron chi connectivity index (χ3n) is 6.09. The van der Waals surface area contributed by atoms with Crippen molar-refractivity contribution < 1.29 is 26.8 Å². The first kappa shape index (κ1) is 27.7. The van der Waals surface area contributed by atoms with Gasteiger partial charge in [0.2, 0.25) is 12.3 Å². The first-order valence-corrected chi connectivity index (χ1v) is 12.5. The number of aromatic nitrogens is 5. The van der Waals surface area contributed by atoms with Gasteiger partial charge in [-0.15, -0.1) is 15.3 Å². The fraction of sp³-hybridized carbons (Fsp3) is 0.346. The molecule has 4 aromatic rings. The monoisotopic (exact) mass is 545 g/mol. The number of rotatable bonds is 8. The van der Waals surface area contributed by atoms with Crippen LogP contribution in [0.4, 0.5) is 23.2 Å². The molecule has 1 aliphatic heterocycles. The molecule has 1 amide bonds. The quantitative estimate of drug-likeness (QED) is 0.236. The van der Waals surface area contributed by atoms with Crippen molar-refractivity contribution in [3.8, 4) is 22.7 Å². The summed E-state index contributed by atoms with van der Waals surface area (Å²) in [5.74, 6) is -2.18. The zero-order valence-electron chi connectivity index (χ0n) is 21.3. The minimum absolute atomic E-state index is 0.0000958. The fourth-order valence-corrected chi connectivity index (χ4v) is 4.12. The lowest BCUT2D eigenvalue weighted by molar-refractivity contribution is -0.118. The van der Waals surface area contributed by atoms with Crippen molar-refractivity contribution in [3.05, 3.63) is 65.7 Å². The second kappa shape index (κ2) is 12.5. The summed E-state index contributed by atoms with van der Waals surface area (Å²) in [6.45, 7) is 5.32. The van der Waals surface area contributed by atoms with Crippen LogP contribution in [0.3, 0.4) is 0 Å². The maximum Gasteiger partial charge on any atom is 0.314 e. The zero-order valence-corrected chi connectivity index (χ0v) is 21.3. The molecule has 0 saturated carbocycles. The first-order valence-electron chi connectivity index (χ1n) is 12.5. The average Bonchev–Trinajstić information content (AvgIpc) is 3.63. The molecule has 1 fully saturated rings. The predicted molar refractivity (Wildman–Crippen MR) is 135 cm³/mol. The molecule has 2 aromatic carbocycles. The summed E-state index contributed by atoms with van der Waals surface area (Å²) in [6, 6.07) is 8.79. The van der Waals surface area contributed by atoms with E-state index in [9.17, 15) is 22.4 Å². The van der Waals surface area contributed by atoms with Crippen LogP contribution >= 0.6 is 0 Å². The molecule has 3 heterocycles. The molecule has 206 valence electrons. The highest BCUT2D eigenvalue weighted by Crippen LogP contribution is 2.27. The van der Waals surface area contributed by atoms with E-state index in [0.29, 0.717) is 18.8 Å². The summed E-state index contributed by atoms with van der Waals surface area (Å²) < 4.78 is 60.9. The Kier molecular flexibility index (Phi) is 8.89. The van der Waals surface area contributed by atoms with Gasteiger partial charge in [0.1, 0.15) is 17.3 Å². The molecular weight excluding hydrogens is 518 g/mol. The Labute approximate surface area is 221 Å². The zero-order chi connectivity index (χ0) is 27.9. The topological polar surface area (TPSA) is 102 Å². The summed E-state index contributed by atoms with van der Waals surface area (Å²) in [4.78, 5) is 12.6. The summed E-state index contributed by atoms with van der Waals surface area (Å²) in [5, 5.41) is 18.1. The number of hydrogen-bond donors (Lipinski definition) is 1. The van der Waals surface area contributed by atoms with E-state index in [2.05, 4.69) is 25.8 Å². The third-order valence-corrected chi connectivity index (χ3v) is 6.09.